The number of aryl methyl sites for hydroxylation is 1. The van der Waals surface area contributed by atoms with E-state index in [9.17, 15) is 19.5 Å². The van der Waals surface area contributed by atoms with Crippen LogP contribution < -0.4 is 15.4 Å². The first-order valence-corrected chi connectivity index (χ1v) is 19.6. The Morgan fingerprint density at radius 1 is 1.02 bits per heavy atom. The first-order valence-electron chi connectivity index (χ1n) is 17.9. The predicted octanol–water partition coefficient (Wildman–Crippen LogP) is 5.33. The molecular formula is C40H44BrN7O6S. The van der Waals surface area contributed by atoms with Crippen LogP contribution in [0.25, 0.3) is 27.4 Å². The summed E-state index contributed by atoms with van der Waals surface area (Å²) >= 11 is 5.16. The van der Waals surface area contributed by atoms with Crippen molar-refractivity contribution >= 4 is 45.0 Å². The van der Waals surface area contributed by atoms with Crippen LogP contribution >= 0.6 is 27.3 Å². The largest absolute Gasteiger partial charge is 0.491 e. The summed E-state index contributed by atoms with van der Waals surface area (Å²) in [5, 5.41) is 20.9. The Kier molecular flexibility index (Phi) is 12.8. The molecule has 3 N–H and O–H groups in total. The van der Waals surface area contributed by atoms with Gasteiger partial charge in [-0.25, -0.2) is 9.67 Å². The molecule has 55 heavy (non-hydrogen) atoms. The summed E-state index contributed by atoms with van der Waals surface area (Å²) in [6, 6.07) is 17.3. The normalized spacial score (nSPS) is 16.1. The summed E-state index contributed by atoms with van der Waals surface area (Å²) < 4.78 is 14.0. The summed E-state index contributed by atoms with van der Waals surface area (Å²) in [5.74, 6) is -0.660. The summed E-state index contributed by atoms with van der Waals surface area (Å²) in [6.45, 7) is 7.77. The van der Waals surface area contributed by atoms with Gasteiger partial charge in [0, 0.05) is 43.7 Å². The summed E-state index contributed by atoms with van der Waals surface area (Å²) in [6.07, 6.45) is 4.57. The molecule has 15 heteroatoms. The molecule has 0 saturated carbocycles. The molecule has 5 aromatic rings. The molecule has 0 bridgehead atoms. The minimum absolute atomic E-state index is 0.0107. The highest BCUT2D eigenvalue weighted by atomic mass is 79.9. The molecule has 1 aliphatic rings. The van der Waals surface area contributed by atoms with Crippen LogP contribution in [0, 0.1) is 12.3 Å². The molecule has 3 atom stereocenters. The number of carbonyl (C=O) groups is 3. The van der Waals surface area contributed by atoms with Crippen LogP contribution in [0.4, 0.5) is 0 Å². The van der Waals surface area contributed by atoms with Crippen molar-refractivity contribution in [3.8, 4) is 33.1 Å². The van der Waals surface area contributed by atoms with Gasteiger partial charge in [0.25, 0.3) is 0 Å². The second-order valence-electron chi connectivity index (χ2n) is 14.3. The molecule has 0 unspecified atom stereocenters. The van der Waals surface area contributed by atoms with Crippen molar-refractivity contribution in [3.63, 3.8) is 0 Å². The van der Waals surface area contributed by atoms with Crippen molar-refractivity contribution in [2.45, 2.75) is 58.8 Å². The van der Waals surface area contributed by atoms with Crippen LogP contribution in [-0.4, -0.2) is 92.0 Å². The molecule has 3 aromatic heterocycles. The Morgan fingerprint density at radius 3 is 2.42 bits per heavy atom. The SMILES string of the molecule is Cc1ncsc1-c1ccc(CNC(=O)[C@@H]2C[C@@H](O)CN2C(=O)[C@@H](NC(=O)COCCOc2ccc(-n3cc(Br)c(-c4ccncc4)n3)cc2)C(C)(C)C)cc1. The summed E-state index contributed by atoms with van der Waals surface area (Å²) in [7, 11) is 0. The van der Waals surface area contributed by atoms with Gasteiger partial charge in [-0.3, -0.25) is 19.4 Å². The number of aliphatic hydroxyl groups excluding tert-OH is 1. The van der Waals surface area contributed by atoms with E-state index in [0.29, 0.717) is 5.75 Å². The van der Waals surface area contributed by atoms with Crippen LogP contribution in [0.5, 0.6) is 5.75 Å². The number of hydrogen-bond acceptors (Lipinski definition) is 10. The third-order valence-corrected chi connectivity index (χ3v) is 10.7. The molecule has 0 radical (unpaired) electrons. The minimum Gasteiger partial charge on any atom is -0.491 e. The van der Waals surface area contributed by atoms with Crippen LogP contribution in [0.1, 0.15) is 38.4 Å². The third-order valence-electron chi connectivity index (χ3n) is 9.17. The van der Waals surface area contributed by atoms with Crippen molar-refractivity contribution in [2.75, 3.05) is 26.4 Å². The lowest BCUT2D eigenvalue weighted by atomic mass is 9.85. The zero-order valence-corrected chi connectivity index (χ0v) is 33.5. The number of carbonyl (C=O) groups excluding carboxylic acids is 3. The highest BCUT2D eigenvalue weighted by molar-refractivity contribution is 9.10. The van der Waals surface area contributed by atoms with E-state index in [1.54, 1.807) is 28.4 Å². The molecule has 1 saturated heterocycles. The standard InChI is InChI=1S/C40H44BrN7O6S/c1-25-36(55-24-44-25)28-7-5-26(6-8-28)20-43-38(51)33-19-30(49)21-47(33)39(52)37(40(2,3)4)45-34(50)23-53-17-18-54-31-11-9-29(10-12-31)48-22-32(41)35(46-48)27-13-15-42-16-14-27/h5-16,22,24,30,33,37,49H,17-21,23H2,1-4H3,(H,43,51)(H,45,50)/t30-,33+,37-/m1/s1. The fraction of sp³-hybridized carbons (Fsp3) is 0.350. The van der Waals surface area contributed by atoms with Crippen molar-refractivity contribution in [1.82, 2.24) is 35.3 Å². The van der Waals surface area contributed by atoms with Crippen LogP contribution in [0.15, 0.2) is 89.2 Å². The molecule has 1 aliphatic heterocycles. The molecule has 6 rings (SSSR count). The quantitative estimate of drug-likeness (QED) is 0.126. The molecule has 3 amide bonds. The molecule has 2 aromatic carbocycles. The summed E-state index contributed by atoms with van der Waals surface area (Å²) in [5.41, 5.74) is 6.65. The van der Waals surface area contributed by atoms with Crippen LogP contribution in [-0.2, 0) is 25.7 Å². The smallest absolute Gasteiger partial charge is 0.246 e. The average molecular weight is 831 g/mol. The monoisotopic (exact) mass is 829 g/mol. The number of ether oxygens (including phenoxy) is 2. The van der Waals surface area contributed by atoms with E-state index in [1.165, 1.54) is 4.90 Å². The fourth-order valence-corrected chi connectivity index (χ4v) is 7.57. The number of nitrogens with zero attached hydrogens (tertiary/aromatic N) is 5. The van der Waals surface area contributed by atoms with E-state index < -0.39 is 35.4 Å². The van der Waals surface area contributed by atoms with E-state index in [1.807, 2.05) is 100 Å². The topological polar surface area (TPSA) is 161 Å². The van der Waals surface area contributed by atoms with Crippen molar-refractivity contribution < 1.29 is 29.0 Å². The molecule has 13 nitrogen and oxygen atoms in total. The van der Waals surface area contributed by atoms with Gasteiger partial charge < -0.3 is 30.1 Å². The highest BCUT2D eigenvalue weighted by Crippen LogP contribution is 2.30. The third kappa shape index (κ3) is 10.0. The van der Waals surface area contributed by atoms with Gasteiger partial charge in [0.2, 0.25) is 17.7 Å². The van der Waals surface area contributed by atoms with E-state index in [2.05, 4.69) is 41.6 Å². The van der Waals surface area contributed by atoms with Gasteiger partial charge in [-0.15, -0.1) is 11.3 Å². The predicted molar refractivity (Wildman–Crippen MR) is 212 cm³/mol. The van der Waals surface area contributed by atoms with Gasteiger partial charge >= 0.3 is 0 Å². The van der Waals surface area contributed by atoms with Gasteiger partial charge in [-0.1, -0.05) is 45.0 Å². The molecule has 0 spiro atoms. The number of rotatable bonds is 14. The number of aliphatic hydroxyl groups is 1. The minimum atomic E-state index is -0.960. The second kappa shape index (κ2) is 17.7. The maximum atomic E-state index is 13.9. The number of likely N-dealkylation sites (tertiary alicyclic amines) is 1. The van der Waals surface area contributed by atoms with Crippen molar-refractivity contribution in [3.05, 3.63) is 100 Å². The molecule has 0 aliphatic carbocycles. The first kappa shape index (κ1) is 39.7. The lowest BCUT2D eigenvalue weighted by molar-refractivity contribution is -0.144. The Bertz CT molecular complexity index is 2080. The Labute approximate surface area is 332 Å². The van der Waals surface area contributed by atoms with Crippen LogP contribution in [0.3, 0.4) is 0 Å². The molecule has 288 valence electrons. The maximum Gasteiger partial charge on any atom is 0.246 e. The number of aromatic nitrogens is 4. The van der Waals surface area contributed by atoms with Gasteiger partial charge in [0.05, 0.1) is 39.0 Å². The number of β-amino-alcohol motifs (C(OH)–C–C–N with tert-alkyl or cyclic N) is 1. The maximum absolute atomic E-state index is 13.9. The van der Waals surface area contributed by atoms with E-state index in [0.717, 1.165) is 43.1 Å². The highest BCUT2D eigenvalue weighted by Gasteiger charge is 2.44. The van der Waals surface area contributed by atoms with Crippen molar-refractivity contribution in [1.29, 1.82) is 0 Å². The zero-order valence-electron chi connectivity index (χ0n) is 31.1. The van der Waals surface area contributed by atoms with Gasteiger partial charge in [0.1, 0.15) is 36.7 Å². The lowest BCUT2D eigenvalue weighted by Crippen LogP contribution is -2.58. The number of pyridine rings is 1. The Morgan fingerprint density at radius 2 is 1.75 bits per heavy atom. The van der Waals surface area contributed by atoms with E-state index in [-0.39, 0.29) is 45.2 Å². The van der Waals surface area contributed by atoms with Gasteiger partial charge in [-0.05, 0) is 75.8 Å². The zero-order chi connectivity index (χ0) is 39.1. The summed E-state index contributed by atoms with van der Waals surface area (Å²) in [4.78, 5) is 51.1. The average Bonchev–Trinajstić information content (AvgIpc) is 3.90. The molecule has 4 heterocycles. The lowest BCUT2D eigenvalue weighted by Gasteiger charge is -2.35. The number of halogens is 1. The fourth-order valence-electron chi connectivity index (χ4n) is 6.25. The Hall–Kier alpha value is -4.96. The van der Waals surface area contributed by atoms with Gasteiger partial charge in [-0.2, -0.15) is 5.10 Å². The number of benzene rings is 2. The molecular weight excluding hydrogens is 786 g/mol. The number of hydrogen-bond donors (Lipinski definition) is 3. The Balaban J connectivity index is 0.962. The first-order chi connectivity index (χ1) is 26.4. The number of thiazole rings is 1. The van der Waals surface area contributed by atoms with Crippen molar-refractivity contribution in [2.24, 2.45) is 5.41 Å². The number of nitrogens with one attached hydrogen (secondary N) is 2. The molecule has 1 fully saturated rings. The van der Waals surface area contributed by atoms with Crippen LogP contribution in [0.2, 0.25) is 0 Å². The van der Waals surface area contributed by atoms with Gasteiger partial charge in [0.15, 0.2) is 0 Å². The second-order valence-corrected chi connectivity index (χ2v) is 16.1. The van der Waals surface area contributed by atoms with E-state index >= 15 is 0 Å². The van der Waals surface area contributed by atoms with E-state index in [4.69, 9.17) is 9.47 Å². The number of amides is 3.